The molecule has 0 N–H and O–H groups in total. The van der Waals surface area contributed by atoms with Crippen LogP contribution in [0.3, 0.4) is 0 Å². The minimum atomic E-state index is -1.78. The number of carbonyl (C=O) groups excluding carboxylic acids is 2. The van der Waals surface area contributed by atoms with Crippen LogP contribution in [-0.2, 0) is 49.0 Å². The minimum absolute atomic E-state index is 0.0245. The van der Waals surface area contributed by atoms with Crippen LogP contribution >= 0.6 is 0 Å². The highest BCUT2D eigenvalue weighted by atomic mass is 28.3. The zero-order valence-corrected chi connectivity index (χ0v) is 38.7. The van der Waals surface area contributed by atoms with Gasteiger partial charge in [-0.05, 0) is 84.1 Å². The number of esters is 1. The third kappa shape index (κ3) is 5.92. The first-order chi connectivity index (χ1) is 29.7. The van der Waals surface area contributed by atoms with Gasteiger partial charge < -0.3 is 32.9 Å². The summed E-state index contributed by atoms with van der Waals surface area (Å²) in [4.78, 5) is 30.7. The Balaban J connectivity index is 1.08. The van der Waals surface area contributed by atoms with Gasteiger partial charge in [-0.15, -0.1) is 0 Å². The molecule has 62 heavy (non-hydrogen) atoms. The molecule has 4 heterocycles. The summed E-state index contributed by atoms with van der Waals surface area (Å²) >= 11 is 0. The first-order valence-electron chi connectivity index (χ1n) is 23.2. The molecule has 0 amide bonds. The molecule has 4 aliphatic heterocycles. The number of ether oxygens (including phenoxy) is 6. The molecule has 3 aromatic carbocycles. The highest BCUT2D eigenvalue weighted by Crippen LogP contribution is 2.83. The average Bonchev–Trinajstić information content (AvgIpc) is 3.94. The second-order valence-electron chi connectivity index (χ2n) is 21.3. The van der Waals surface area contributed by atoms with E-state index in [1.165, 1.54) is 6.29 Å². The van der Waals surface area contributed by atoms with Crippen LogP contribution in [0.4, 0.5) is 0 Å². The zero-order valence-electron chi connectivity index (χ0n) is 37.6. The molecule has 11 rings (SSSR count). The average molecular weight is 861 g/mol. The van der Waals surface area contributed by atoms with Gasteiger partial charge in [0, 0.05) is 5.41 Å². The third-order valence-electron chi connectivity index (χ3n) is 16.2. The fraction of sp³-hybridized carbons (Fsp3) is 0.577. The lowest BCUT2D eigenvalue weighted by Gasteiger charge is -2.59. The Hall–Kier alpha value is -3.48. The Morgan fingerprint density at radius 3 is 2.13 bits per heavy atom. The van der Waals surface area contributed by atoms with E-state index in [1.807, 2.05) is 78.9 Å². The number of aldehydes is 1. The first kappa shape index (κ1) is 42.5. The Morgan fingerprint density at radius 1 is 0.887 bits per heavy atom. The van der Waals surface area contributed by atoms with Crippen molar-refractivity contribution in [3.05, 3.63) is 119 Å². The monoisotopic (exact) mass is 860 g/mol. The summed E-state index contributed by atoms with van der Waals surface area (Å²) in [5.41, 5.74) is 0.288. The van der Waals surface area contributed by atoms with Gasteiger partial charge in [-0.2, -0.15) is 0 Å². The fourth-order valence-corrected chi connectivity index (χ4v) is 15.0. The van der Waals surface area contributed by atoms with E-state index < -0.39 is 73.0 Å². The van der Waals surface area contributed by atoms with Gasteiger partial charge in [-0.3, -0.25) is 9.53 Å². The largest absolute Gasteiger partial charge is 0.452 e. The molecule has 0 spiro atoms. The van der Waals surface area contributed by atoms with Gasteiger partial charge in [0.2, 0.25) is 0 Å². The topological polar surface area (TPSA) is 98.8 Å². The van der Waals surface area contributed by atoms with Crippen molar-refractivity contribution in [1.29, 1.82) is 0 Å². The molecule has 4 aliphatic carbocycles. The lowest BCUT2D eigenvalue weighted by atomic mass is 9.43. The Morgan fingerprint density at radius 2 is 1.53 bits per heavy atom. The molecule has 0 radical (unpaired) electrons. The van der Waals surface area contributed by atoms with Crippen molar-refractivity contribution < 1.29 is 42.4 Å². The molecule has 7 fully saturated rings. The van der Waals surface area contributed by atoms with Crippen molar-refractivity contribution in [2.75, 3.05) is 6.61 Å². The summed E-state index contributed by atoms with van der Waals surface area (Å²) in [5.74, 6) is -3.29. The molecule has 13 unspecified atom stereocenters. The van der Waals surface area contributed by atoms with Gasteiger partial charge in [-0.1, -0.05) is 151 Å². The second kappa shape index (κ2) is 15.0. The molecule has 4 saturated heterocycles. The van der Waals surface area contributed by atoms with E-state index >= 15 is 4.79 Å². The third-order valence-corrected chi connectivity index (χ3v) is 17.0. The molecule has 13 atom stereocenters. The maximum atomic E-state index is 16.3. The normalized spacial score (nSPS) is 39.8. The second-order valence-corrected chi connectivity index (χ2v) is 23.6. The molecule has 3 aromatic rings. The van der Waals surface area contributed by atoms with Crippen LogP contribution in [0.1, 0.15) is 90.0 Å². The fourth-order valence-electron chi connectivity index (χ4n) is 14.1. The molecule has 0 aromatic heterocycles. The predicted octanol–water partition coefficient (Wildman–Crippen LogP) is 9.56. The van der Waals surface area contributed by atoms with Crippen molar-refractivity contribution in [2.45, 2.75) is 123 Å². The summed E-state index contributed by atoms with van der Waals surface area (Å²) in [7, 11) is -1.78. The number of hydrogen-bond acceptors (Lipinski definition) is 9. The molecular formula is C52H64O9Si. The summed E-state index contributed by atoms with van der Waals surface area (Å²) in [5, 5.41) is 0. The highest BCUT2D eigenvalue weighted by molar-refractivity contribution is 6.48. The van der Waals surface area contributed by atoms with Crippen LogP contribution in [-0.4, -0.2) is 58.2 Å². The van der Waals surface area contributed by atoms with E-state index in [2.05, 4.69) is 72.8 Å². The molecule has 8 aliphatic rings. The predicted molar refractivity (Wildman–Crippen MR) is 235 cm³/mol. The molecular weight excluding hydrogens is 797 g/mol. The van der Waals surface area contributed by atoms with Gasteiger partial charge >= 0.3 is 11.9 Å². The highest BCUT2D eigenvalue weighted by Gasteiger charge is 2.86. The van der Waals surface area contributed by atoms with Gasteiger partial charge in [0.15, 0.2) is 21.2 Å². The van der Waals surface area contributed by atoms with Crippen LogP contribution < -0.4 is 0 Å². The van der Waals surface area contributed by atoms with Crippen molar-refractivity contribution in [1.82, 2.24) is 0 Å². The molecule has 330 valence electrons. The number of allylic oxidation sites excluding steroid dienone is 1. The van der Waals surface area contributed by atoms with Crippen molar-refractivity contribution in [3.63, 3.8) is 0 Å². The molecule has 10 heteroatoms. The van der Waals surface area contributed by atoms with Crippen LogP contribution in [0.25, 0.3) is 0 Å². The zero-order chi connectivity index (χ0) is 43.5. The van der Waals surface area contributed by atoms with Crippen LogP contribution in [0, 0.1) is 57.2 Å². The van der Waals surface area contributed by atoms with Crippen LogP contribution in [0.15, 0.2) is 103 Å². The van der Waals surface area contributed by atoms with Crippen molar-refractivity contribution in [2.24, 2.45) is 57.2 Å². The van der Waals surface area contributed by atoms with E-state index in [1.54, 1.807) is 0 Å². The van der Waals surface area contributed by atoms with Crippen LogP contribution in [0.5, 0.6) is 0 Å². The number of carbonyl (C=O) groups is 2. The lowest BCUT2D eigenvalue weighted by Crippen LogP contribution is -2.66. The Labute approximate surface area is 368 Å². The summed E-state index contributed by atoms with van der Waals surface area (Å²) in [6.07, 6.45) is 4.43. The standard InChI is InChI=1S/C52H64O9Si/c1-32(2)40-26-37-27-48(30-53)39-25-24-33(3)38(39)28-49(37,50(40,48)46(54)57-41(35-20-14-10-15-21-35)36-22-16-11-17-23-36)31-56-51-44(47(4,5)6)42-43(55-29-34-18-12-9-13-19-34)45(59-51)52(58-42,60-51)61-62(7)8/h9-23,26,30,32-33,37-39,41-45,62H,24-25,27-29,31H2,1-8H3. The molecule has 9 nitrogen and oxygen atoms in total. The van der Waals surface area contributed by atoms with E-state index in [-0.39, 0.29) is 36.2 Å². The van der Waals surface area contributed by atoms with E-state index in [9.17, 15) is 4.79 Å². The quantitative estimate of drug-likeness (QED) is 0.0680. The Kier molecular flexibility index (Phi) is 10.3. The van der Waals surface area contributed by atoms with Gasteiger partial charge in [0.25, 0.3) is 5.97 Å². The van der Waals surface area contributed by atoms with Gasteiger partial charge in [-0.25, -0.2) is 0 Å². The number of fused-ring (bicyclic) bond motifs is 2. The lowest BCUT2D eigenvalue weighted by molar-refractivity contribution is -0.491. The molecule has 8 bridgehead atoms. The number of rotatable bonds is 14. The minimum Gasteiger partial charge on any atom is -0.452 e. The number of benzene rings is 3. The SMILES string of the molecule is CC(C)C1=CC2CC3(C=O)C4CCC(C)C4CC2(COC24OC5C(OCc6ccccc6)C(OC5(O[SiH](C)C)O2)C4C(C)(C)C)C13C(=O)OC(c1ccccc1)c1ccccc1. The summed E-state index contributed by atoms with van der Waals surface area (Å²) in [6.45, 7) is 17.8. The number of hydrogen-bond donors (Lipinski definition) is 0. The smallest absolute Gasteiger partial charge is 0.318 e. The summed E-state index contributed by atoms with van der Waals surface area (Å²) in [6, 6.07) is 30.1. The van der Waals surface area contributed by atoms with E-state index in [4.69, 9.17) is 32.8 Å². The van der Waals surface area contributed by atoms with Crippen molar-refractivity contribution in [3.8, 4) is 0 Å². The van der Waals surface area contributed by atoms with Crippen molar-refractivity contribution >= 4 is 21.3 Å². The first-order valence-corrected chi connectivity index (χ1v) is 26.0. The van der Waals surface area contributed by atoms with E-state index in [0.717, 1.165) is 41.5 Å². The maximum absolute atomic E-state index is 16.3. The maximum Gasteiger partial charge on any atom is 0.318 e. The summed E-state index contributed by atoms with van der Waals surface area (Å²) < 4.78 is 49.2. The van der Waals surface area contributed by atoms with Gasteiger partial charge in [0.1, 0.15) is 23.9 Å². The molecule has 3 saturated carbocycles. The van der Waals surface area contributed by atoms with Crippen LogP contribution in [0.2, 0.25) is 13.1 Å². The van der Waals surface area contributed by atoms with E-state index in [0.29, 0.717) is 18.9 Å². The Bertz CT molecular complexity index is 2150. The van der Waals surface area contributed by atoms with Gasteiger partial charge in [0.05, 0.1) is 24.5 Å².